The minimum atomic E-state index is -0.238. The lowest BCUT2D eigenvalue weighted by molar-refractivity contribution is -0.121. The molecule has 1 aromatic rings. The lowest BCUT2D eigenvalue weighted by atomic mass is 10.1. The van der Waals surface area contributed by atoms with Crippen LogP contribution in [-0.4, -0.2) is 28.9 Å². The van der Waals surface area contributed by atoms with Crippen molar-refractivity contribution in [3.05, 3.63) is 28.0 Å². The van der Waals surface area contributed by atoms with Gasteiger partial charge < -0.3 is 5.73 Å². The van der Waals surface area contributed by atoms with Crippen molar-refractivity contribution in [2.45, 2.75) is 13.0 Å². The number of carbonyl (C=O) groups excluding carboxylic acids is 1. The van der Waals surface area contributed by atoms with Crippen molar-refractivity contribution in [3.63, 3.8) is 0 Å². The van der Waals surface area contributed by atoms with E-state index >= 15 is 0 Å². The van der Waals surface area contributed by atoms with Crippen molar-refractivity contribution in [3.8, 4) is 0 Å². The molecule has 2 heterocycles. The topological polar surface area (TPSA) is 59.2 Å². The Balaban J connectivity index is 2.02. The molecular weight excluding hydrogens is 261 g/mol. The average molecular weight is 274 g/mol. The van der Waals surface area contributed by atoms with E-state index in [-0.39, 0.29) is 11.8 Å². The maximum absolute atomic E-state index is 11.1. The second-order valence-electron chi connectivity index (χ2n) is 4.19. The minimum absolute atomic E-state index is 0.0621. The van der Waals surface area contributed by atoms with Crippen molar-refractivity contribution < 1.29 is 4.79 Å². The number of likely N-dealkylation sites (tertiary alicyclic amines) is 1. The first-order valence-corrected chi connectivity index (χ1v) is 6.14. The molecule has 1 aromatic heterocycles. The molecular formula is C11H13Cl2N3O. The molecule has 1 aliphatic rings. The highest BCUT2D eigenvalue weighted by atomic mass is 35.5. The van der Waals surface area contributed by atoms with Gasteiger partial charge >= 0.3 is 0 Å². The first kappa shape index (κ1) is 12.6. The zero-order valence-corrected chi connectivity index (χ0v) is 10.7. The van der Waals surface area contributed by atoms with E-state index in [2.05, 4.69) is 9.88 Å². The fraction of sp³-hybridized carbons (Fsp3) is 0.455. The first-order chi connectivity index (χ1) is 8.06. The Kier molecular flexibility index (Phi) is 3.86. The SMILES string of the molecule is NC(=O)C1CCN(Cc2nc(Cl)ccc2Cl)C1. The quantitative estimate of drug-likeness (QED) is 0.853. The van der Waals surface area contributed by atoms with Crippen molar-refractivity contribution >= 4 is 29.1 Å². The largest absolute Gasteiger partial charge is 0.369 e. The van der Waals surface area contributed by atoms with Crippen LogP contribution in [0.4, 0.5) is 0 Å². The molecule has 1 atom stereocenters. The third kappa shape index (κ3) is 3.09. The van der Waals surface area contributed by atoms with E-state index in [9.17, 15) is 4.79 Å². The van der Waals surface area contributed by atoms with Gasteiger partial charge in [-0.15, -0.1) is 0 Å². The molecule has 0 aliphatic carbocycles. The molecule has 1 unspecified atom stereocenters. The summed E-state index contributed by atoms with van der Waals surface area (Å²) in [5, 5.41) is 1.02. The summed E-state index contributed by atoms with van der Waals surface area (Å²) < 4.78 is 0. The average Bonchev–Trinajstić information content (AvgIpc) is 2.72. The standard InChI is InChI=1S/C11H13Cl2N3O/c12-8-1-2-10(13)15-9(8)6-16-4-3-7(5-16)11(14)17/h1-2,7H,3-6H2,(H2,14,17). The van der Waals surface area contributed by atoms with Crippen LogP contribution in [0.5, 0.6) is 0 Å². The van der Waals surface area contributed by atoms with Crippen LogP contribution in [0.15, 0.2) is 12.1 Å². The molecule has 1 aliphatic heterocycles. The summed E-state index contributed by atoms with van der Waals surface area (Å²) in [7, 11) is 0. The van der Waals surface area contributed by atoms with Crippen LogP contribution < -0.4 is 5.73 Å². The van der Waals surface area contributed by atoms with Gasteiger partial charge in [-0.25, -0.2) is 4.98 Å². The van der Waals surface area contributed by atoms with Gasteiger partial charge in [0.05, 0.1) is 16.6 Å². The van der Waals surface area contributed by atoms with Crippen molar-refractivity contribution in [2.24, 2.45) is 11.7 Å². The second-order valence-corrected chi connectivity index (χ2v) is 4.98. The lowest BCUT2D eigenvalue weighted by Gasteiger charge is -2.15. The Morgan fingerprint density at radius 1 is 1.53 bits per heavy atom. The maximum Gasteiger partial charge on any atom is 0.221 e. The fourth-order valence-corrected chi connectivity index (χ4v) is 2.32. The molecule has 4 nitrogen and oxygen atoms in total. The Hall–Kier alpha value is -0.840. The highest BCUT2D eigenvalue weighted by molar-refractivity contribution is 6.32. The van der Waals surface area contributed by atoms with Gasteiger partial charge in [0.25, 0.3) is 0 Å². The van der Waals surface area contributed by atoms with Crippen molar-refractivity contribution in [1.82, 2.24) is 9.88 Å². The van der Waals surface area contributed by atoms with E-state index in [0.29, 0.717) is 23.3 Å². The number of hydrogen-bond acceptors (Lipinski definition) is 3. The molecule has 0 aromatic carbocycles. The molecule has 0 saturated carbocycles. The number of primary amides is 1. The fourth-order valence-electron chi connectivity index (χ4n) is 1.99. The summed E-state index contributed by atoms with van der Waals surface area (Å²) in [5.41, 5.74) is 6.02. The number of pyridine rings is 1. The Morgan fingerprint density at radius 2 is 2.29 bits per heavy atom. The molecule has 0 radical (unpaired) electrons. The minimum Gasteiger partial charge on any atom is -0.369 e. The summed E-state index contributed by atoms with van der Waals surface area (Å²) in [6.07, 6.45) is 0.799. The van der Waals surface area contributed by atoms with E-state index in [1.807, 2.05) is 0 Å². The number of carbonyl (C=O) groups is 1. The van der Waals surface area contributed by atoms with Gasteiger partial charge in [-0.3, -0.25) is 9.69 Å². The third-order valence-corrected chi connectivity index (χ3v) is 3.49. The zero-order valence-electron chi connectivity index (χ0n) is 9.20. The molecule has 0 spiro atoms. The van der Waals surface area contributed by atoms with Gasteiger partial charge in [0.1, 0.15) is 5.15 Å². The third-order valence-electron chi connectivity index (χ3n) is 2.93. The number of nitrogens with two attached hydrogens (primary N) is 1. The van der Waals surface area contributed by atoms with Gasteiger partial charge in [-0.05, 0) is 25.1 Å². The monoisotopic (exact) mass is 273 g/mol. The second kappa shape index (κ2) is 5.21. The number of rotatable bonds is 3. The summed E-state index contributed by atoms with van der Waals surface area (Å²) in [5.74, 6) is -0.300. The maximum atomic E-state index is 11.1. The normalized spacial score (nSPS) is 20.7. The number of nitrogens with zero attached hydrogens (tertiary/aromatic N) is 2. The summed E-state index contributed by atoms with van der Waals surface area (Å²) >= 11 is 11.9. The molecule has 2 N–H and O–H groups in total. The molecule has 6 heteroatoms. The van der Waals surface area contributed by atoms with Crippen LogP contribution in [-0.2, 0) is 11.3 Å². The van der Waals surface area contributed by atoms with Gasteiger partial charge in [-0.2, -0.15) is 0 Å². The number of amides is 1. The van der Waals surface area contributed by atoms with Crippen LogP contribution >= 0.6 is 23.2 Å². The molecule has 2 rings (SSSR count). The van der Waals surface area contributed by atoms with Crippen LogP contribution in [0.1, 0.15) is 12.1 Å². The summed E-state index contributed by atoms with van der Waals surface area (Å²) in [4.78, 5) is 17.3. The van der Waals surface area contributed by atoms with E-state index < -0.39 is 0 Å². The molecule has 1 saturated heterocycles. The smallest absolute Gasteiger partial charge is 0.221 e. The van der Waals surface area contributed by atoms with E-state index in [0.717, 1.165) is 18.7 Å². The van der Waals surface area contributed by atoms with Gasteiger partial charge in [0, 0.05) is 13.1 Å². The number of aromatic nitrogens is 1. The zero-order chi connectivity index (χ0) is 12.4. The first-order valence-electron chi connectivity index (χ1n) is 5.39. The lowest BCUT2D eigenvalue weighted by Crippen LogP contribution is -2.27. The van der Waals surface area contributed by atoms with Crippen molar-refractivity contribution in [2.75, 3.05) is 13.1 Å². The summed E-state index contributed by atoms with van der Waals surface area (Å²) in [6, 6.07) is 3.39. The number of halogens is 2. The molecule has 0 bridgehead atoms. The van der Waals surface area contributed by atoms with Gasteiger partial charge in [-0.1, -0.05) is 23.2 Å². The van der Waals surface area contributed by atoms with E-state index in [1.165, 1.54) is 0 Å². The van der Waals surface area contributed by atoms with Crippen LogP contribution in [0.3, 0.4) is 0 Å². The Morgan fingerprint density at radius 3 is 2.94 bits per heavy atom. The molecule has 1 fully saturated rings. The van der Waals surface area contributed by atoms with Crippen LogP contribution in [0.2, 0.25) is 10.2 Å². The predicted octanol–water partition coefficient (Wildman–Crippen LogP) is 1.70. The molecule has 1 amide bonds. The van der Waals surface area contributed by atoms with Crippen LogP contribution in [0, 0.1) is 5.92 Å². The highest BCUT2D eigenvalue weighted by Crippen LogP contribution is 2.22. The summed E-state index contributed by atoms with van der Waals surface area (Å²) in [6.45, 7) is 2.10. The van der Waals surface area contributed by atoms with Crippen molar-refractivity contribution in [1.29, 1.82) is 0 Å². The Labute approximate surface area is 110 Å². The van der Waals surface area contributed by atoms with Gasteiger partial charge in [0.15, 0.2) is 0 Å². The Bertz CT molecular complexity index is 439. The number of hydrogen-bond donors (Lipinski definition) is 1. The predicted molar refractivity (Wildman–Crippen MR) is 66.8 cm³/mol. The van der Waals surface area contributed by atoms with Gasteiger partial charge in [0.2, 0.25) is 5.91 Å². The molecule has 92 valence electrons. The van der Waals surface area contributed by atoms with E-state index in [1.54, 1.807) is 12.1 Å². The highest BCUT2D eigenvalue weighted by Gasteiger charge is 2.27. The van der Waals surface area contributed by atoms with Crippen LogP contribution in [0.25, 0.3) is 0 Å². The van der Waals surface area contributed by atoms with E-state index in [4.69, 9.17) is 28.9 Å². The molecule has 17 heavy (non-hydrogen) atoms.